The zero-order chi connectivity index (χ0) is 6.78. The van der Waals surface area contributed by atoms with Crippen molar-refractivity contribution in [3.05, 3.63) is 0 Å². The van der Waals surface area contributed by atoms with Gasteiger partial charge in [0.15, 0.2) is 0 Å². The average molecular weight is 171 g/mol. The topological polar surface area (TPSA) is 17.1 Å². The van der Waals surface area contributed by atoms with Crippen molar-refractivity contribution in [1.29, 1.82) is 0 Å². The Labute approximate surface area is 61.9 Å². The lowest BCUT2D eigenvalue weighted by molar-refractivity contribution is -0.113. The second kappa shape index (κ2) is 2.59. The third kappa shape index (κ3) is 2.42. The number of rotatable bonds is 0. The molecule has 4 heteroatoms. The molecule has 0 aliphatic heterocycles. The summed E-state index contributed by atoms with van der Waals surface area (Å²) in [6.07, 6.45) is 4.61. The Bertz CT molecular complexity index is 138. The van der Waals surface area contributed by atoms with Crippen LogP contribution < -0.4 is 0 Å². The van der Waals surface area contributed by atoms with Gasteiger partial charge in [-0.2, -0.15) is 0 Å². The minimum atomic E-state index is -1.95. The van der Waals surface area contributed by atoms with E-state index in [0.717, 1.165) is 0 Å². The molecule has 0 saturated heterocycles. The summed E-state index contributed by atoms with van der Waals surface area (Å²) < 4.78 is -1.95. The van der Waals surface area contributed by atoms with Gasteiger partial charge in [-0.05, 0) is 5.92 Å². The molecule has 0 rings (SSSR count). The molecule has 0 bridgehead atoms. The first-order valence-electron chi connectivity index (χ1n) is 1.56. The first-order chi connectivity index (χ1) is 3.48. The molecule has 1 nitrogen and oxygen atoms in total. The van der Waals surface area contributed by atoms with E-state index in [0.29, 0.717) is 0 Å². The fourth-order valence-corrected chi connectivity index (χ4v) is 0.245. The van der Waals surface area contributed by atoms with E-state index in [9.17, 15) is 4.79 Å². The molecule has 0 saturated carbocycles. The van der Waals surface area contributed by atoms with E-state index in [4.69, 9.17) is 34.8 Å². The number of hydrogen-bond donors (Lipinski definition) is 0. The van der Waals surface area contributed by atoms with Crippen LogP contribution in [-0.4, -0.2) is 9.58 Å². The van der Waals surface area contributed by atoms with Gasteiger partial charge in [0.05, 0.1) is 0 Å². The summed E-state index contributed by atoms with van der Waals surface area (Å²) in [5.41, 5.74) is 0. The molecule has 0 aromatic heterocycles. The van der Waals surface area contributed by atoms with Crippen molar-refractivity contribution in [3.8, 4) is 12.3 Å². The van der Waals surface area contributed by atoms with Gasteiger partial charge >= 0.3 is 0 Å². The zero-order valence-electron chi connectivity index (χ0n) is 3.62. The van der Waals surface area contributed by atoms with E-state index >= 15 is 0 Å². The summed E-state index contributed by atoms with van der Waals surface area (Å²) in [6, 6.07) is 0. The highest BCUT2D eigenvalue weighted by Gasteiger charge is 2.28. The Morgan fingerprint density at radius 3 is 1.88 bits per heavy atom. The summed E-state index contributed by atoms with van der Waals surface area (Å²) in [6.45, 7) is 0. The highest BCUT2D eigenvalue weighted by atomic mass is 35.6. The number of halogens is 3. The van der Waals surface area contributed by atoms with Gasteiger partial charge in [0.2, 0.25) is 0 Å². The van der Waals surface area contributed by atoms with Crippen LogP contribution in [0.5, 0.6) is 0 Å². The minimum absolute atomic E-state index is 0.845. The molecule has 44 valence electrons. The van der Waals surface area contributed by atoms with Crippen molar-refractivity contribution < 1.29 is 4.79 Å². The van der Waals surface area contributed by atoms with Crippen LogP contribution in [0, 0.1) is 12.3 Å². The number of hydrogen-bond acceptors (Lipinski definition) is 1. The Morgan fingerprint density at radius 1 is 1.50 bits per heavy atom. The summed E-state index contributed by atoms with van der Waals surface area (Å²) >= 11 is 15.1. The van der Waals surface area contributed by atoms with Crippen LogP contribution >= 0.6 is 34.8 Å². The Kier molecular flexibility index (Phi) is 2.62. The summed E-state index contributed by atoms with van der Waals surface area (Å²) in [5, 5.41) is 0. The van der Waals surface area contributed by atoms with Gasteiger partial charge in [0.25, 0.3) is 9.58 Å². The lowest BCUT2D eigenvalue weighted by Crippen LogP contribution is -2.15. The lowest BCUT2D eigenvalue weighted by Gasteiger charge is -2.00. The minimum Gasteiger partial charge on any atom is -0.280 e. The van der Waals surface area contributed by atoms with Gasteiger partial charge in [0.1, 0.15) is 0 Å². The van der Waals surface area contributed by atoms with Gasteiger partial charge in [0, 0.05) is 0 Å². The van der Waals surface area contributed by atoms with Crippen LogP contribution in [-0.2, 0) is 4.79 Å². The molecule has 0 radical (unpaired) electrons. The third-order valence-electron chi connectivity index (χ3n) is 0.389. The van der Waals surface area contributed by atoms with Crippen LogP contribution in [0.2, 0.25) is 0 Å². The van der Waals surface area contributed by atoms with Gasteiger partial charge in [-0.3, -0.25) is 4.79 Å². The zero-order valence-corrected chi connectivity index (χ0v) is 5.89. The molecule has 0 atom stereocenters. The molecule has 0 aromatic carbocycles. The number of terminal acetylenes is 1. The standard InChI is InChI=1S/C4HCl3O/c1-2-3(8)4(5,6)7/h1H. The molecule has 0 aliphatic carbocycles. The number of ketones is 1. The van der Waals surface area contributed by atoms with Crippen LogP contribution in [0.1, 0.15) is 0 Å². The molecular formula is C4HCl3O. The van der Waals surface area contributed by atoms with Crippen LogP contribution in [0.4, 0.5) is 0 Å². The maximum absolute atomic E-state index is 10.2. The molecular weight excluding hydrogens is 170 g/mol. The monoisotopic (exact) mass is 170 g/mol. The fraction of sp³-hybridized carbons (Fsp3) is 0.250. The number of carbonyl (C=O) groups excluding carboxylic acids is 1. The van der Waals surface area contributed by atoms with E-state index in [1.807, 2.05) is 0 Å². The van der Waals surface area contributed by atoms with Crippen LogP contribution in [0.25, 0.3) is 0 Å². The molecule has 0 aromatic rings. The van der Waals surface area contributed by atoms with Crippen molar-refractivity contribution in [2.24, 2.45) is 0 Å². The third-order valence-corrected chi connectivity index (χ3v) is 0.903. The summed E-state index contributed by atoms with van der Waals surface area (Å²) in [4.78, 5) is 10.2. The highest BCUT2D eigenvalue weighted by Crippen LogP contribution is 2.26. The van der Waals surface area contributed by atoms with Crippen molar-refractivity contribution in [1.82, 2.24) is 0 Å². The highest BCUT2D eigenvalue weighted by molar-refractivity contribution is 6.77. The summed E-state index contributed by atoms with van der Waals surface area (Å²) in [5.74, 6) is 0.825. The Balaban J connectivity index is 4.09. The average Bonchev–Trinajstić information content (AvgIpc) is 1.62. The fourth-order valence-electron chi connectivity index (χ4n) is 0.0818. The van der Waals surface area contributed by atoms with E-state index < -0.39 is 9.58 Å². The molecule has 0 spiro atoms. The van der Waals surface area contributed by atoms with Gasteiger partial charge in [-0.25, -0.2) is 0 Å². The maximum atomic E-state index is 10.2. The first kappa shape index (κ1) is 8.10. The predicted molar refractivity (Wildman–Crippen MR) is 34.1 cm³/mol. The molecule has 0 amide bonds. The Morgan fingerprint density at radius 2 is 1.88 bits per heavy atom. The number of carbonyl (C=O) groups is 1. The van der Waals surface area contributed by atoms with Crippen LogP contribution in [0.3, 0.4) is 0 Å². The van der Waals surface area contributed by atoms with Crippen molar-refractivity contribution in [2.75, 3.05) is 0 Å². The van der Waals surface area contributed by atoms with Gasteiger partial charge in [-0.15, -0.1) is 6.42 Å². The van der Waals surface area contributed by atoms with E-state index in [1.165, 1.54) is 0 Å². The molecule has 0 heterocycles. The molecule has 0 aliphatic rings. The normalized spacial score (nSPS) is 10.2. The number of alkyl halides is 3. The maximum Gasteiger partial charge on any atom is 0.261 e. The van der Waals surface area contributed by atoms with Crippen molar-refractivity contribution >= 4 is 40.6 Å². The quantitative estimate of drug-likeness (QED) is 0.307. The van der Waals surface area contributed by atoms with Gasteiger partial charge < -0.3 is 0 Å². The largest absolute Gasteiger partial charge is 0.280 e. The number of Topliss-reactive ketones (excluding diaryl/α,β-unsaturated/α-hetero) is 1. The molecule has 0 unspecified atom stereocenters. The molecule has 8 heavy (non-hydrogen) atoms. The first-order valence-corrected chi connectivity index (χ1v) is 2.69. The Hall–Kier alpha value is 0.1000. The molecule has 0 fully saturated rings. The smallest absolute Gasteiger partial charge is 0.261 e. The SMILES string of the molecule is C#CC(=O)C(Cl)(Cl)Cl. The van der Waals surface area contributed by atoms with Crippen molar-refractivity contribution in [2.45, 2.75) is 3.79 Å². The predicted octanol–water partition coefficient (Wildman–Crippen LogP) is 1.56. The van der Waals surface area contributed by atoms with E-state index in [-0.39, 0.29) is 0 Å². The second-order valence-electron chi connectivity index (χ2n) is 0.971. The summed E-state index contributed by atoms with van der Waals surface area (Å²) in [7, 11) is 0. The van der Waals surface area contributed by atoms with E-state index in [1.54, 1.807) is 5.92 Å². The molecule has 0 N–H and O–H groups in total. The van der Waals surface area contributed by atoms with Crippen LogP contribution in [0.15, 0.2) is 0 Å². The van der Waals surface area contributed by atoms with E-state index in [2.05, 4.69) is 6.42 Å². The van der Waals surface area contributed by atoms with Crippen molar-refractivity contribution in [3.63, 3.8) is 0 Å². The second-order valence-corrected chi connectivity index (χ2v) is 3.25. The van der Waals surface area contributed by atoms with Gasteiger partial charge in [-0.1, -0.05) is 34.8 Å². The lowest BCUT2D eigenvalue weighted by atomic mass is 10.5.